The van der Waals surface area contributed by atoms with E-state index < -0.39 is 8.26 Å². The Hall–Kier alpha value is -0.290. The Morgan fingerprint density at radius 2 is 0.833 bits per heavy atom. The minimum Gasteiger partial charge on any atom is -0.412 e. The van der Waals surface area contributed by atoms with Crippen molar-refractivity contribution in [1.82, 2.24) is 0 Å². The first-order valence-electron chi connectivity index (χ1n) is 2.64. The van der Waals surface area contributed by atoms with Gasteiger partial charge in [-0.1, -0.05) is 36.4 Å². The second-order valence-corrected chi connectivity index (χ2v) is 5.20. The molecular weight excluding hydrogens is 223 g/mol. The third-order valence-corrected chi connectivity index (χ3v) is 0.667. The zero-order valence-electron chi connectivity index (χ0n) is 5.94. The van der Waals surface area contributed by atoms with Gasteiger partial charge in [0.2, 0.25) is 0 Å². The first kappa shape index (κ1) is 14.2. The predicted octanol–water partition coefficient (Wildman–Crippen LogP) is 1.57. The molecule has 0 saturated heterocycles. The summed E-state index contributed by atoms with van der Waals surface area (Å²) in [6.07, 6.45) is 0. The number of hydrogen-bond acceptors (Lipinski definition) is 2. The summed E-state index contributed by atoms with van der Waals surface area (Å²) in [7, 11) is 4.81. The van der Waals surface area contributed by atoms with Gasteiger partial charge in [0.15, 0.2) is 0 Å². The highest BCUT2D eigenvalue weighted by Gasteiger charge is 1.88. The summed E-state index contributed by atoms with van der Waals surface area (Å²) in [5, 5.41) is 0. The van der Waals surface area contributed by atoms with Gasteiger partial charge in [0.1, 0.15) is 0 Å². The standard InChI is InChI=1S/C6H6.Cl2O2S.H2O/c1-2-4-6-5-3-1;1-5(2,3)4;/h1-6H;;1H2. The lowest BCUT2D eigenvalue weighted by Gasteiger charge is -1.69. The van der Waals surface area contributed by atoms with Crippen LogP contribution in [0.15, 0.2) is 36.4 Å². The molecule has 3 nitrogen and oxygen atoms in total. The lowest BCUT2D eigenvalue weighted by molar-refractivity contribution is 0.621. The number of halogens is 2. The molecule has 70 valence electrons. The van der Waals surface area contributed by atoms with E-state index in [1.165, 1.54) is 0 Å². The molecule has 1 rings (SSSR count). The Bertz CT molecular complexity index is 237. The van der Waals surface area contributed by atoms with E-state index in [4.69, 9.17) is 8.42 Å². The molecule has 0 spiro atoms. The second-order valence-electron chi connectivity index (χ2n) is 1.53. The van der Waals surface area contributed by atoms with Crippen molar-refractivity contribution in [3.8, 4) is 0 Å². The predicted molar refractivity (Wildman–Crippen MR) is 50.7 cm³/mol. The minimum absolute atomic E-state index is 0. The molecular formula is C6H8Cl2O3S. The van der Waals surface area contributed by atoms with Gasteiger partial charge in [0.05, 0.1) is 0 Å². The summed E-state index contributed by atoms with van der Waals surface area (Å²) in [4.78, 5) is 0. The van der Waals surface area contributed by atoms with E-state index in [0.29, 0.717) is 0 Å². The normalized spacial score (nSPS) is 8.83. The van der Waals surface area contributed by atoms with Crippen molar-refractivity contribution in [1.29, 1.82) is 0 Å². The summed E-state index contributed by atoms with van der Waals surface area (Å²) < 4.78 is 18.3. The highest BCUT2D eigenvalue weighted by molar-refractivity contribution is 8.31. The van der Waals surface area contributed by atoms with Crippen LogP contribution >= 0.6 is 21.4 Å². The maximum absolute atomic E-state index is 9.16. The molecule has 0 atom stereocenters. The van der Waals surface area contributed by atoms with Crippen molar-refractivity contribution in [2.24, 2.45) is 0 Å². The fourth-order valence-corrected chi connectivity index (χ4v) is 0.385. The van der Waals surface area contributed by atoms with Crippen LogP contribution in [-0.2, 0) is 8.26 Å². The van der Waals surface area contributed by atoms with E-state index in [-0.39, 0.29) is 5.48 Å². The van der Waals surface area contributed by atoms with Crippen molar-refractivity contribution in [3.05, 3.63) is 36.4 Å². The topological polar surface area (TPSA) is 65.6 Å². The maximum atomic E-state index is 9.16. The average Bonchev–Trinajstić information content (AvgIpc) is 1.88. The minimum atomic E-state index is -3.72. The largest absolute Gasteiger partial charge is 0.412 e. The Kier molecular flexibility index (Phi) is 8.74. The van der Waals surface area contributed by atoms with Crippen molar-refractivity contribution in [2.45, 2.75) is 0 Å². The second kappa shape index (κ2) is 7.36. The van der Waals surface area contributed by atoms with Crippen LogP contribution in [0, 0.1) is 0 Å². The molecule has 1 aromatic carbocycles. The van der Waals surface area contributed by atoms with E-state index in [9.17, 15) is 0 Å². The smallest absolute Gasteiger partial charge is 0.317 e. The molecule has 0 aliphatic carbocycles. The van der Waals surface area contributed by atoms with Gasteiger partial charge in [0, 0.05) is 21.4 Å². The first-order valence-corrected chi connectivity index (χ1v) is 5.78. The molecule has 0 bridgehead atoms. The summed E-state index contributed by atoms with van der Waals surface area (Å²) in [5.74, 6) is 0. The van der Waals surface area contributed by atoms with Crippen LogP contribution in [0.1, 0.15) is 0 Å². The highest BCUT2D eigenvalue weighted by atomic mass is 36.0. The number of hydrogen-bond donors (Lipinski definition) is 0. The molecule has 0 aliphatic rings. The molecule has 0 radical (unpaired) electrons. The van der Waals surface area contributed by atoms with Crippen molar-refractivity contribution in [3.63, 3.8) is 0 Å². The van der Waals surface area contributed by atoms with Crippen LogP contribution in [0.2, 0.25) is 0 Å². The van der Waals surface area contributed by atoms with Gasteiger partial charge in [-0.05, 0) is 0 Å². The van der Waals surface area contributed by atoms with Gasteiger partial charge < -0.3 is 5.48 Å². The molecule has 0 unspecified atom stereocenters. The van der Waals surface area contributed by atoms with E-state index in [1.807, 2.05) is 36.4 Å². The van der Waals surface area contributed by atoms with E-state index >= 15 is 0 Å². The van der Waals surface area contributed by atoms with Gasteiger partial charge in [-0.25, -0.2) is 0 Å². The van der Waals surface area contributed by atoms with Gasteiger partial charge in [-0.15, -0.1) is 0 Å². The Balaban J connectivity index is 0. The maximum Gasteiger partial charge on any atom is 0.317 e. The summed E-state index contributed by atoms with van der Waals surface area (Å²) in [5.41, 5.74) is 0. The average molecular weight is 231 g/mol. The van der Waals surface area contributed by atoms with Gasteiger partial charge in [-0.2, -0.15) is 8.42 Å². The Morgan fingerprint density at radius 1 is 0.750 bits per heavy atom. The van der Waals surface area contributed by atoms with Crippen molar-refractivity contribution in [2.75, 3.05) is 0 Å². The van der Waals surface area contributed by atoms with Crippen LogP contribution in [0.25, 0.3) is 0 Å². The molecule has 1 aromatic rings. The molecule has 0 amide bonds. The van der Waals surface area contributed by atoms with Gasteiger partial charge >= 0.3 is 8.26 Å². The molecule has 0 heterocycles. The first-order chi connectivity index (χ1) is 5.00. The number of rotatable bonds is 0. The lowest BCUT2D eigenvalue weighted by Crippen LogP contribution is -1.63. The molecule has 12 heavy (non-hydrogen) atoms. The number of benzene rings is 1. The van der Waals surface area contributed by atoms with Crippen LogP contribution in [-0.4, -0.2) is 13.9 Å². The van der Waals surface area contributed by atoms with Crippen molar-refractivity contribution >= 4 is 29.6 Å². The summed E-state index contributed by atoms with van der Waals surface area (Å²) in [6.45, 7) is 0. The quantitative estimate of drug-likeness (QED) is 0.636. The highest BCUT2D eigenvalue weighted by Crippen LogP contribution is 1.98. The molecule has 0 saturated carbocycles. The van der Waals surface area contributed by atoms with E-state index in [0.717, 1.165) is 0 Å². The van der Waals surface area contributed by atoms with E-state index in [1.54, 1.807) is 0 Å². The third-order valence-electron chi connectivity index (χ3n) is 0.667. The monoisotopic (exact) mass is 230 g/mol. The van der Waals surface area contributed by atoms with E-state index in [2.05, 4.69) is 21.4 Å². The molecule has 0 aliphatic heterocycles. The third kappa shape index (κ3) is 22.6. The summed E-state index contributed by atoms with van der Waals surface area (Å²) in [6, 6.07) is 12.0. The fraction of sp³-hybridized carbons (Fsp3) is 0. The molecule has 6 heteroatoms. The van der Waals surface area contributed by atoms with Crippen LogP contribution in [0.5, 0.6) is 0 Å². The zero-order valence-corrected chi connectivity index (χ0v) is 8.27. The SMILES string of the molecule is O.O=S(=O)(Cl)Cl.c1ccccc1. The Morgan fingerprint density at radius 3 is 0.917 bits per heavy atom. The Labute approximate surface area is 80.2 Å². The van der Waals surface area contributed by atoms with Crippen LogP contribution < -0.4 is 0 Å². The molecule has 0 aromatic heterocycles. The summed E-state index contributed by atoms with van der Waals surface area (Å²) >= 11 is 0. The van der Waals surface area contributed by atoms with Gasteiger partial charge in [0.25, 0.3) is 0 Å². The molecule has 2 N–H and O–H groups in total. The molecule has 0 fully saturated rings. The van der Waals surface area contributed by atoms with Crippen LogP contribution in [0.3, 0.4) is 0 Å². The fourth-order valence-electron chi connectivity index (χ4n) is 0.385. The lowest BCUT2D eigenvalue weighted by atomic mass is 10.4. The van der Waals surface area contributed by atoms with Crippen molar-refractivity contribution < 1.29 is 13.9 Å². The van der Waals surface area contributed by atoms with Crippen LogP contribution in [0.4, 0.5) is 0 Å². The van der Waals surface area contributed by atoms with Gasteiger partial charge in [-0.3, -0.25) is 0 Å². The zero-order chi connectivity index (χ0) is 8.74.